The summed E-state index contributed by atoms with van der Waals surface area (Å²) in [5, 5.41) is 2.99. The normalized spacial score (nSPS) is 17.2. The average molecular weight is 425 g/mol. The van der Waals surface area contributed by atoms with Gasteiger partial charge in [-0.15, -0.1) is 0 Å². The topological polar surface area (TPSA) is 85.5 Å². The number of hydrogen-bond acceptors (Lipinski definition) is 7. The van der Waals surface area contributed by atoms with Gasteiger partial charge in [-0.1, -0.05) is 6.07 Å². The number of alkyl halides is 3. The molecule has 1 aromatic heterocycles. The van der Waals surface area contributed by atoms with E-state index < -0.39 is 12.1 Å². The molecule has 1 aliphatic rings. The zero-order valence-electron chi connectivity index (χ0n) is 17.0. The van der Waals surface area contributed by atoms with E-state index in [1.165, 1.54) is 0 Å². The van der Waals surface area contributed by atoms with Gasteiger partial charge in [0.15, 0.2) is 11.5 Å². The van der Waals surface area contributed by atoms with Crippen molar-refractivity contribution in [2.45, 2.75) is 19.0 Å². The Morgan fingerprint density at radius 3 is 2.77 bits per heavy atom. The van der Waals surface area contributed by atoms with Crippen LogP contribution in [0.1, 0.15) is 12.8 Å². The molecule has 1 aromatic carbocycles. The molecule has 1 saturated heterocycles. The van der Waals surface area contributed by atoms with Gasteiger partial charge < -0.3 is 25.4 Å². The number of aromatic nitrogens is 2. The van der Waals surface area contributed by atoms with Crippen molar-refractivity contribution in [2.24, 2.45) is 5.92 Å². The van der Waals surface area contributed by atoms with Gasteiger partial charge in [-0.3, -0.25) is 0 Å². The Kier molecular flexibility index (Phi) is 6.86. The van der Waals surface area contributed by atoms with Gasteiger partial charge in [0, 0.05) is 31.9 Å². The molecule has 0 saturated carbocycles. The van der Waals surface area contributed by atoms with Crippen LogP contribution in [-0.2, 0) is 0 Å². The first kappa shape index (κ1) is 21.9. The minimum atomic E-state index is -4.11. The van der Waals surface area contributed by atoms with E-state index in [1.807, 2.05) is 17.0 Å². The number of nitrogens with zero attached hydrogens (tertiary/aromatic N) is 3. The number of likely N-dealkylation sites (tertiary alicyclic amines) is 1. The van der Waals surface area contributed by atoms with Crippen molar-refractivity contribution in [3.63, 3.8) is 0 Å². The largest absolute Gasteiger partial charge is 0.493 e. The number of benzene rings is 1. The number of hydrogen-bond donors (Lipinski definition) is 2. The van der Waals surface area contributed by atoms with Crippen molar-refractivity contribution < 1.29 is 22.6 Å². The average Bonchev–Trinajstić information content (AvgIpc) is 3.20. The minimum Gasteiger partial charge on any atom is -0.493 e. The van der Waals surface area contributed by atoms with E-state index >= 15 is 0 Å². The molecule has 0 amide bonds. The second kappa shape index (κ2) is 9.38. The maximum absolute atomic E-state index is 12.8. The first-order valence-corrected chi connectivity index (χ1v) is 9.72. The second-order valence-corrected chi connectivity index (χ2v) is 7.14. The predicted octanol–water partition coefficient (Wildman–Crippen LogP) is 3.43. The van der Waals surface area contributed by atoms with Crippen molar-refractivity contribution in [3.8, 4) is 22.6 Å². The molecule has 0 spiro atoms. The van der Waals surface area contributed by atoms with Crippen LogP contribution in [0.25, 0.3) is 11.1 Å². The molecule has 0 radical (unpaired) electrons. The van der Waals surface area contributed by atoms with Crippen LogP contribution < -0.4 is 20.5 Å². The van der Waals surface area contributed by atoms with Crippen molar-refractivity contribution in [1.29, 1.82) is 0 Å². The fourth-order valence-electron chi connectivity index (χ4n) is 3.53. The van der Waals surface area contributed by atoms with Gasteiger partial charge in [-0.25, -0.2) is 4.98 Å². The van der Waals surface area contributed by atoms with Crippen LogP contribution in [0.2, 0.25) is 0 Å². The molecule has 3 N–H and O–H groups in total. The number of anilines is 2. The van der Waals surface area contributed by atoms with Gasteiger partial charge in [0.25, 0.3) is 0 Å². The number of nitrogens with one attached hydrogen (secondary N) is 1. The van der Waals surface area contributed by atoms with Crippen LogP contribution in [0, 0.1) is 5.92 Å². The third kappa shape index (κ3) is 5.24. The van der Waals surface area contributed by atoms with Crippen LogP contribution in [-0.4, -0.2) is 61.4 Å². The lowest BCUT2D eigenvalue weighted by molar-refractivity contribution is -0.170. The maximum atomic E-state index is 12.8. The second-order valence-electron chi connectivity index (χ2n) is 7.14. The third-order valence-electron chi connectivity index (χ3n) is 5.13. The standard InChI is InChI=1S/C20H26F3N5O2/c1-25-18-15(11-26-19(24)27-18)13-4-5-16(29-2)17(10-13)30-9-3-7-28-8-6-14(12-28)20(21,22)23/h4-5,10-11,14H,3,6-9,12H2,1-2H3,(H3,24,25,26,27). The van der Waals surface area contributed by atoms with Crippen LogP contribution in [0.4, 0.5) is 24.9 Å². The number of halogens is 3. The SMILES string of the molecule is CNc1nc(N)ncc1-c1ccc(OC)c(OCCCN2CCC(C(F)(F)F)C2)c1. The molecule has 10 heteroatoms. The van der Waals surface area contributed by atoms with Gasteiger partial charge in [-0.05, 0) is 37.1 Å². The van der Waals surface area contributed by atoms with Crippen molar-refractivity contribution >= 4 is 11.8 Å². The van der Waals surface area contributed by atoms with Crippen LogP contribution in [0.5, 0.6) is 11.5 Å². The molecule has 3 rings (SSSR count). The first-order chi connectivity index (χ1) is 14.3. The van der Waals surface area contributed by atoms with Crippen LogP contribution in [0.3, 0.4) is 0 Å². The molecular formula is C20H26F3N5O2. The molecule has 30 heavy (non-hydrogen) atoms. The lowest BCUT2D eigenvalue weighted by Gasteiger charge is -2.18. The van der Waals surface area contributed by atoms with Gasteiger partial charge in [0.1, 0.15) is 5.82 Å². The van der Waals surface area contributed by atoms with E-state index in [0.717, 1.165) is 11.1 Å². The summed E-state index contributed by atoms with van der Waals surface area (Å²) in [5.41, 5.74) is 7.23. The Bertz CT molecular complexity index is 863. The molecule has 1 aliphatic heterocycles. The summed E-state index contributed by atoms with van der Waals surface area (Å²) in [4.78, 5) is 10.1. The molecule has 0 aliphatic carbocycles. The molecule has 0 bridgehead atoms. The molecule has 1 atom stereocenters. The highest BCUT2D eigenvalue weighted by molar-refractivity contribution is 5.76. The highest BCUT2D eigenvalue weighted by atomic mass is 19.4. The van der Waals surface area contributed by atoms with Crippen molar-refractivity contribution in [3.05, 3.63) is 24.4 Å². The molecule has 2 heterocycles. The first-order valence-electron chi connectivity index (χ1n) is 9.72. The predicted molar refractivity (Wildman–Crippen MR) is 109 cm³/mol. The zero-order chi connectivity index (χ0) is 21.7. The fourth-order valence-corrected chi connectivity index (χ4v) is 3.53. The summed E-state index contributed by atoms with van der Waals surface area (Å²) >= 11 is 0. The Labute approximate surface area is 173 Å². The quantitative estimate of drug-likeness (QED) is 0.627. The van der Waals surface area contributed by atoms with E-state index in [1.54, 1.807) is 26.4 Å². The Balaban J connectivity index is 1.62. The third-order valence-corrected chi connectivity index (χ3v) is 5.13. The number of ether oxygens (including phenoxy) is 2. The zero-order valence-corrected chi connectivity index (χ0v) is 17.0. The monoisotopic (exact) mass is 425 g/mol. The number of nitrogens with two attached hydrogens (primary N) is 1. The highest BCUT2D eigenvalue weighted by Gasteiger charge is 2.43. The van der Waals surface area contributed by atoms with Crippen molar-refractivity contribution in [1.82, 2.24) is 14.9 Å². The summed E-state index contributed by atoms with van der Waals surface area (Å²) in [7, 11) is 3.29. The van der Waals surface area contributed by atoms with Crippen molar-refractivity contribution in [2.75, 3.05) is 51.4 Å². The molecule has 2 aromatic rings. The summed E-state index contributed by atoms with van der Waals surface area (Å²) in [6.07, 6.45) is -1.70. The minimum absolute atomic E-state index is 0.0617. The smallest absolute Gasteiger partial charge is 0.393 e. The van der Waals surface area contributed by atoms with Gasteiger partial charge >= 0.3 is 6.18 Å². The Hall–Kier alpha value is -2.75. The lowest BCUT2D eigenvalue weighted by Crippen LogP contribution is -2.28. The summed E-state index contributed by atoms with van der Waals surface area (Å²) in [6.45, 7) is 1.45. The molecule has 164 valence electrons. The maximum Gasteiger partial charge on any atom is 0.393 e. The van der Waals surface area contributed by atoms with Gasteiger partial charge in [0.2, 0.25) is 5.95 Å². The molecular weight excluding hydrogens is 399 g/mol. The lowest BCUT2D eigenvalue weighted by atomic mass is 10.1. The van der Waals surface area contributed by atoms with Crippen LogP contribution in [0.15, 0.2) is 24.4 Å². The number of rotatable bonds is 8. The summed E-state index contributed by atoms with van der Waals surface area (Å²) in [6, 6.07) is 5.47. The number of methoxy groups -OCH3 is 1. The van der Waals surface area contributed by atoms with Gasteiger partial charge in [-0.2, -0.15) is 18.2 Å². The van der Waals surface area contributed by atoms with E-state index in [-0.39, 0.29) is 18.9 Å². The summed E-state index contributed by atoms with van der Waals surface area (Å²) < 4.78 is 49.6. The molecule has 1 fully saturated rings. The van der Waals surface area contributed by atoms with E-state index in [0.29, 0.717) is 43.4 Å². The van der Waals surface area contributed by atoms with E-state index in [2.05, 4.69) is 15.3 Å². The number of nitrogen functional groups attached to an aromatic ring is 1. The highest BCUT2D eigenvalue weighted by Crippen LogP contribution is 2.35. The van der Waals surface area contributed by atoms with Crippen LogP contribution >= 0.6 is 0 Å². The summed E-state index contributed by atoms with van der Waals surface area (Å²) in [5.74, 6) is 0.649. The fraction of sp³-hybridized carbons (Fsp3) is 0.500. The molecule has 7 nitrogen and oxygen atoms in total. The Morgan fingerprint density at radius 1 is 1.30 bits per heavy atom. The molecule has 1 unspecified atom stereocenters. The van der Waals surface area contributed by atoms with E-state index in [4.69, 9.17) is 15.2 Å². The Morgan fingerprint density at radius 2 is 2.10 bits per heavy atom. The van der Waals surface area contributed by atoms with Gasteiger partial charge in [0.05, 0.1) is 19.6 Å². The van der Waals surface area contributed by atoms with E-state index in [9.17, 15) is 13.2 Å².